The smallest absolute Gasteiger partial charge is 0.0612 e. The highest BCUT2D eigenvalue weighted by Gasteiger charge is 1.96. The third kappa shape index (κ3) is 7.77. The van der Waals surface area contributed by atoms with Crippen LogP contribution in [-0.2, 0) is 0 Å². The van der Waals surface area contributed by atoms with Gasteiger partial charge in [-0.05, 0) is 19.3 Å². The van der Waals surface area contributed by atoms with E-state index in [2.05, 4.69) is 18.7 Å². The number of hydrogen-bond donors (Lipinski definition) is 2. The van der Waals surface area contributed by atoms with Crippen LogP contribution in [0, 0.1) is 5.92 Å². The van der Waals surface area contributed by atoms with Gasteiger partial charge in [-0.2, -0.15) is 0 Å². The molecule has 0 bridgehead atoms. The van der Waals surface area contributed by atoms with E-state index in [4.69, 9.17) is 10.2 Å². The maximum Gasteiger partial charge on any atom is 0.0612 e. The van der Waals surface area contributed by atoms with Crippen LogP contribution in [-0.4, -0.2) is 23.4 Å². The Bertz CT molecular complexity index is 183. The number of aliphatic hydroxyl groups is 2. The van der Waals surface area contributed by atoms with E-state index in [9.17, 15) is 0 Å². The van der Waals surface area contributed by atoms with Crippen molar-refractivity contribution in [2.45, 2.75) is 19.3 Å². The highest BCUT2D eigenvalue weighted by Crippen LogP contribution is 2.04. The number of rotatable bonds is 8. The fourth-order valence-electron chi connectivity index (χ4n) is 1.02. The van der Waals surface area contributed by atoms with Crippen LogP contribution in [0.4, 0.5) is 0 Å². The molecule has 14 heavy (non-hydrogen) atoms. The second kappa shape index (κ2) is 10.2. The molecule has 0 aromatic rings. The zero-order valence-corrected chi connectivity index (χ0v) is 8.60. The molecule has 0 spiro atoms. The Hall–Kier alpha value is -0.860. The van der Waals surface area contributed by atoms with Crippen LogP contribution < -0.4 is 0 Å². The van der Waals surface area contributed by atoms with Gasteiger partial charge in [-0.25, -0.2) is 0 Å². The van der Waals surface area contributed by atoms with Crippen LogP contribution in [0.5, 0.6) is 0 Å². The van der Waals surface area contributed by atoms with Crippen LogP contribution in [0.1, 0.15) is 19.3 Å². The van der Waals surface area contributed by atoms with Crippen molar-refractivity contribution in [1.29, 1.82) is 0 Å². The quantitative estimate of drug-likeness (QED) is 0.461. The molecule has 0 fully saturated rings. The lowest BCUT2D eigenvalue weighted by Gasteiger charge is -2.03. The summed E-state index contributed by atoms with van der Waals surface area (Å²) in [5.41, 5.74) is 0. The second-order valence-electron chi connectivity index (χ2n) is 3.12. The van der Waals surface area contributed by atoms with Crippen LogP contribution >= 0.6 is 0 Å². The molecule has 2 heteroatoms. The van der Waals surface area contributed by atoms with Crippen molar-refractivity contribution in [2.75, 3.05) is 13.2 Å². The van der Waals surface area contributed by atoms with Gasteiger partial charge in [0.25, 0.3) is 0 Å². The molecular weight excluding hydrogens is 176 g/mol. The van der Waals surface area contributed by atoms with Gasteiger partial charge >= 0.3 is 0 Å². The van der Waals surface area contributed by atoms with E-state index in [1.807, 2.05) is 6.08 Å². The Kier molecular flexibility index (Phi) is 9.59. The third-order valence-corrected chi connectivity index (χ3v) is 1.95. The molecule has 0 radical (unpaired) electrons. The van der Waals surface area contributed by atoms with E-state index in [0.717, 1.165) is 19.3 Å². The molecule has 2 nitrogen and oxygen atoms in total. The van der Waals surface area contributed by atoms with E-state index in [1.165, 1.54) is 0 Å². The molecule has 0 heterocycles. The number of hydrogen-bond acceptors (Lipinski definition) is 2. The van der Waals surface area contributed by atoms with Crippen molar-refractivity contribution in [3.63, 3.8) is 0 Å². The molecule has 0 amide bonds. The van der Waals surface area contributed by atoms with Crippen molar-refractivity contribution in [1.82, 2.24) is 0 Å². The van der Waals surface area contributed by atoms with Crippen LogP contribution in [0.15, 0.2) is 37.0 Å². The molecule has 0 aromatic heterocycles. The maximum absolute atomic E-state index is 8.85. The lowest BCUT2D eigenvalue weighted by molar-refractivity contribution is 0.254. The summed E-state index contributed by atoms with van der Waals surface area (Å²) in [5, 5.41) is 17.3. The lowest BCUT2D eigenvalue weighted by Crippen LogP contribution is -1.99. The standard InChI is InChI=1S/C12H20O2/c1-2-12(11-14)9-7-5-3-4-6-8-10-13/h2,5-8,12-14H,1,3-4,9-11H2/b7-5+,8-6+. The van der Waals surface area contributed by atoms with Gasteiger partial charge < -0.3 is 10.2 Å². The van der Waals surface area contributed by atoms with Gasteiger partial charge in [0.1, 0.15) is 0 Å². The average Bonchev–Trinajstić information content (AvgIpc) is 2.22. The van der Waals surface area contributed by atoms with Gasteiger partial charge in [0.2, 0.25) is 0 Å². The fourth-order valence-corrected chi connectivity index (χ4v) is 1.02. The first kappa shape index (κ1) is 13.1. The van der Waals surface area contributed by atoms with E-state index in [-0.39, 0.29) is 19.1 Å². The summed E-state index contributed by atoms with van der Waals surface area (Å²) in [6.45, 7) is 3.92. The molecular formula is C12H20O2. The van der Waals surface area contributed by atoms with Gasteiger partial charge in [-0.15, -0.1) is 6.58 Å². The molecule has 0 aromatic carbocycles. The first-order chi connectivity index (χ1) is 6.85. The summed E-state index contributed by atoms with van der Waals surface area (Å²) >= 11 is 0. The van der Waals surface area contributed by atoms with Crippen molar-refractivity contribution in [2.24, 2.45) is 5.92 Å². The molecule has 1 atom stereocenters. The predicted molar refractivity (Wildman–Crippen MR) is 60.0 cm³/mol. The normalized spacial score (nSPS) is 13.9. The molecule has 0 aliphatic heterocycles. The van der Waals surface area contributed by atoms with Gasteiger partial charge in [-0.1, -0.05) is 30.4 Å². The van der Waals surface area contributed by atoms with E-state index < -0.39 is 0 Å². The molecule has 0 saturated carbocycles. The minimum atomic E-state index is 0.118. The van der Waals surface area contributed by atoms with Gasteiger partial charge in [0.05, 0.1) is 6.61 Å². The largest absolute Gasteiger partial charge is 0.396 e. The van der Waals surface area contributed by atoms with E-state index >= 15 is 0 Å². The molecule has 0 rings (SSSR count). The SMILES string of the molecule is C=CC(CO)C/C=C/CC/C=C/CO. The first-order valence-electron chi connectivity index (χ1n) is 4.99. The van der Waals surface area contributed by atoms with Gasteiger partial charge in [-0.3, -0.25) is 0 Å². The zero-order chi connectivity index (χ0) is 10.6. The molecule has 80 valence electrons. The Morgan fingerprint density at radius 1 is 1.00 bits per heavy atom. The summed E-state index contributed by atoms with van der Waals surface area (Å²) in [7, 11) is 0. The second-order valence-corrected chi connectivity index (χ2v) is 3.12. The van der Waals surface area contributed by atoms with Gasteiger partial charge in [0.15, 0.2) is 0 Å². The average molecular weight is 196 g/mol. The summed E-state index contributed by atoms with van der Waals surface area (Å²) in [6.07, 6.45) is 12.4. The minimum absolute atomic E-state index is 0.118. The first-order valence-corrected chi connectivity index (χ1v) is 4.99. The molecule has 0 saturated heterocycles. The van der Waals surface area contributed by atoms with Crippen LogP contribution in [0.3, 0.4) is 0 Å². The Morgan fingerprint density at radius 2 is 1.64 bits per heavy atom. The monoisotopic (exact) mass is 196 g/mol. The Labute approximate surface area is 86.3 Å². The topological polar surface area (TPSA) is 40.5 Å². The zero-order valence-electron chi connectivity index (χ0n) is 8.60. The molecule has 0 aliphatic carbocycles. The summed E-state index contributed by atoms with van der Waals surface area (Å²) in [6, 6.07) is 0. The number of allylic oxidation sites excluding steroid dienone is 3. The van der Waals surface area contributed by atoms with Crippen molar-refractivity contribution < 1.29 is 10.2 Å². The highest BCUT2D eigenvalue weighted by atomic mass is 16.3. The lowest BCUT2D eigenvalue weighted by atomic mass is 10.1. The molecule has 1 unspecified atom stereocenters. The van der Waals surface area contributed by atoms with E-state index in [0.29, 0.717) is 0 Å². The predicted octanol–water partition coefficient (Wildman–Crippen LogP) is 2.06. The summed E-state index contributed by atoms with van der Waals surface area (Å²) in [5.74, 6) is 0.180. The maximum atomic E-state index is 8.85. The van der Waals surface area contributed by atoms with Crippen molar-refractivity contribution >= 4 is 0 Å². The Morgan fingerprint density at radius 3 is 2.14 bits per heavy atom. The third-order valence-electron chi connectivity index (χ3n) is 1.95. The van der Waals surface area contributed by atoms with Crippen LogP contribution in [0.2, 0.25) is 0 Å². The number of aliphatic hydroxyl groups excluding tert-OH is 2. The summed E-state index contributed by atoms with van der Waals surface area (Å²) < 4.78 is 0. The molecule has 0 aliphatic rings. The molecule has 2 N–H and O–H groups in total. The highest BCUT2D eigenvalue weighted by molar-refractivity contribution is 4.91. The number of unbranched alkanes of at least 4 members (excludes halogenated alkanes) is 1. The minimum Gasteiger partial charge on any atom is -0.396 e. The van der Waals surface area contributed by atoms with E-state index in [1.54, 1.807) is 12.2 Å². The van der Waals surface area contributed by atoms with Crippen LogP contribution in [0.25, 0.3) is 0 Å². The summed E-state index contributed by atoms with van der Waals surface area (Å²) in [4.78, 5) is 0. The fraction of sp³-hybridized carbons (Fsp3) is 0.500. The van der Waals surface area contributed by atoms with Gasteiger partial charge in [0, 0.05) is 12.5 Å². The Balaban J connectivity index is 3.43. The van der Waals surface area contributed by atoms with Crippen molar-refractivity contribution in [3.8, 4) is 0 Å². The van der Waals surface area contributed by atoms with Crippen molar-refractivity contribution in [3.05, 3.63) is 37.0 Å².